The molecule has 0 radical (unpaired) electrons. The SMILES string of the molecule is CCCCCCC(O)C[N+](CCCCC)(CCCCC)CC(CC)C(=O)[O-]. The van der Waals surface area contributed by atoms with Crippen LogP contribution in [0.15, 0.2) is 0 Å². The summed E-state index contributed by atoms with van der Waals surface area (Å²) in [7, 11) is 0. The van der Waals surface area contributed by atoms with Crippen LogP contribution in [-0.2, 0) is 4.79 Å². The third-order valence-electron chi connectivity index (χ3n) is 5.89. The lowest BCUT2D eigenvalue weighted by atomic mass is 10.0. The van der Waals surface area contributed by atoms with Crippen molar-refractivity contribution >= 4 is 5.97 Å². The molecule has 0 rings (SSSR count). The number of aliphatic carboxylic acids is 1. The molecule has 0 aliphatic heterocycles. The fourth-order valence-corrected chi connectivity index (χ4v) is 4.13. The van der Waals surface area contributed by atoms with E-state index in [9.17, 15) is 15.0 Å². The van der Waals surface area contributed by atoms with E-state index < -0.39 is 11.9 Å². The zero-order chi connectivity index (χ0) is 20.5. The average molecular weight is 386 g/mol. The molecule has 0 heterocycles. The maximum atomic E-state index is 11.6. The van der Waals surface area contributed by atoms with Crippen LogP contribution in [0.1, 0.15) is 105 Å². The van der Waals surface area contributed by atoms with Gasteiger partial charge < -0.3 is 19.5 Å². The van der Waals surface area contributed by atoms with Crippen molar-refractivity contribution in [2.24, 2.45) is 5.92 Å². The van der Waals surface area contributed by atoms with E-state index in [1.165, 1.54) is 32.1 Å². The molecule has 0 aromatic rings. The number of carboxylic acid groups (broad SMARTS) is 1. The van der Waals surface area contributed by atoms with Gasteiger partial charge in [0.1, 0.15) is 12.6 Å². The van der Waals surface area contributed by atoms with Gasteiger partial charge in [-0.3, -0.25) is 0 Å². The maximum absolute atomic E-state index is 11.6. The second-order valence-electron chi connectivity index (χ2n) is 8.50. The van der Waals surface area contributed by atoms with Crippen LogP contribution in [0.4, 0.5) is 0 Å². The van der Waals surface area contributed by atoms with Crippen molar-refractivity contribution in [3.63, 3.8) is 0 Å². The van der Waals surface area contributed by atoms with Crippen molar-refractivity contribution < 1.29 is 19.5 Å². The molecule has 0 bridgehead atoms. The minimum absolute atomic E-state index is 0.329. The van der Waals surface area contributed by atoms with Crippen LogP contribution in [0.25, 0.3) is 0 Å². The van der Waals surface area contributed by atoms with Crippen molar-refractivity contribution in [1.82, 2.24) is 0 Å². The van der Waals surface area contributed by atoms with Gasteiger partial charge in [-0.05, 0) is 38.5 Å². The molecule has 0 fully saturated rings. The van der Waals surface area contributed by atoms with Crippen molar-refractivity contribution in [2.45, 2.75) is 111 Å². The summed E-state index contributed by atoms with van der Waals surface area (Å²) >= 11 is 0. The predicted molar refractivity (Wildman–Crippen MR) is 112 cm³/mol. The Morgan fingerprint density at radius 2 is 1.33 bits per heavy atom. The van der Waals surface area contributed by atoms with Gasteiger partial charge in [-0.15, -0.1) is 0 Å². The lowest BCUT2D eigenvalue weighted by Gasteiger charge is -2.43. The van der Waals surface area contributed by atoms with E-state index in [2.05, 4.69) is 20.8 Å². The van der Waals surface area contributed by atoms with Crippen LogP contribution in [0, 0.1) is 5.92 Å². The molecule has 162 valence electrons. The molecule has 2 unspecified atom stereocenters. The Balaban J connectivity index is 5.16. The van der Waals surface area contributed by atoms with Crippen molar-refractivity contribution in [1.29, 1.82) is 0 Å². The number of carbonyl (C=O) groups excluding carboxylic acids is 1. The molecule has 0 aliphatic rings. The largest absolute Gasteiger partial charge is 0.550 e. The van der Waals surface area contributed by atoms with E-state index in [4.69, 9.17) is 0 Å². The fourth-order valence-electron chi connectivity index (χ4n) is 4.13. The second-order valence-corrected chi connectivity index (χ2v) is 8.50. The van der Waals surface area contributed by atoms with Gasteiger partial charge in [-0.1, -0.05) is 66.2 Å². The van der Waals surface area contributed by atoms with Gasteiger partial charge in [0.25, 0.3) is 0 Å². The Morgan fingerprint density at radius 3 is 1.78 bits per heavy atom. The number of carbonyl (C=O) groups is 1. The average Bonchev–Trinajstić information content (AvgIpc) is 2.63. The molecule has 27 heavy (non-hydrogen) atoms. The van der Waals surface area contributed by atoms with E-state index in [0.29, 0.717) is 19.5 Å². The van der Waals surface area contributed by atoms with E-state index >= 15 is 0 Å². The van der Waals surface area contributed by atoms with Crippen molar-refractivity contribution in [2.75, 3.05) is 26.2 Å². The third-order valence-corrected chi connectivity index (χ3v) is 5.89. The van der Waals surface area contributed by atoms with Gasteiger partial charge in [0, 0.05) is 5.92 Å². The van der Waals surface area contributed by atoms with Gasteiger partial charge >= 0.3 is 0 Å². The summed E-state index contributed by atoms with van der Waals surface area (Å²) in [5.74, 6) is -1.34. The van der Waals surface area contributed by atoms with Gasteiger partial charge in [0.05, 0.1) is 25.6 Å². The minimum Gasteiger partial charge on any atom is -0.550 e. The number of unbranched alkanes of at least 4 members (excludes halogenated alkanes) is 7. The van der Waals surface area contributed by atoms with Crippen LogP contribution in [0.5, 0.6) is 0 Å². The smallest absolute Gasteiger partial charge is 0.105 e. The highest BCUT2D eigenvalue weighted by Gasteiger charge is 2.32. The number of nitrogens with zero attached hydrogens (tertiary/aromatic N) is 1. The van der Waals surface area contributed by atoms with Crippen LogP contribution < -0.4 is 5.11 Å². The highest BCUT2D eigenvalue weighted by molar-refractivity contribution is 5.67. The monoisotopic (exact) mass is 385 g/mol. The molecule has 0 aliphatic carbocycles. The number of hydrogen-bond acceptors (Lipinski definition) is 3. The highest BCUT2D eigenvalue weighted by atomic mass is 16.4. The predicted octanol–water partition coefficient (Wildman–Crippen LogP) is 4.29. The summed E-state index contributed by atoms with van der Waals surface area (Å²) in [6.07, 6.45) is 12.7. The van der Waals surface area contributed by atoms with Crippen molar-refractivity contribution in [3.05, 3.63) is 0 Å². The molecule has 2 atom stereocenters. The first-order chi connectivity index (χ1) is 12.9. The molecule has 4 heteroatoms. The van der Waals surface area contributed by atoms with Gasteiger partial charge in [-0.2, -0.15) is 0 Å². The summed E-state index contributed by atoms with van der Waals surface area (Å²) in [5.41, 5.74) is 0. The lowest BCUT2D eigenvalue weighted by Crippen LogP contribution is -2.57. The quantitative estimate of drug-likeness (QED) is 0.266. The van der Waals surface area contributed by atoms with Crippen LogP contribution in [0.2, 0.25) is 0 Å². The second kappa shape index (κ2) is 16.4. The Bertz CT molecular complexity index is 350. The van der Waals surface area contributed by atoms with E-state index in [1.54, 1.807) is 0 Å². The lowest BCUT2D eigenvalue weighted by molar-refractivity contribution is -0.933. The van der Waals surface area contributed by atoms with Crippen LogP contribution in [0.3, 0.4) is 0 Å². The summed E-state index contributed by atoms with van der Waals surface area (Å²) in [6, 6.07) is 0. The number of aliphatic hydroxyl groups is 1. The number of quaternary nitrogens is 1. The number of rotatable bonds is 19. The first kappa shape index (κ1) is 26.4. The van der Waals surface area contributed by atoms with E-state index in [-0.39, 0.29) is 6.10 Å². The molecule has 0 saturated carbocycles. The number of carboxylic acids is 1. The standard InChI is InChI=1S/C23H47NO3/c1-5-9-12-13-16-22(25)20-24(17-14-10-6-2,18-15-11-7-3)19-21(8-4)23(26)27/h21-22,25H,5-20H2,1-4H3. The van der Waals surface area contributed by atoms with E-state index in [1.807, 2.05) is 6.92 Å². The molecular formula is C23H47NO3. The van der Waals surface area contributed by atoms with Crippen LogP contribution >= 0.6 is 0 Å². The Kier molecular flexibility index (Phi) is 16.0. The first-order valence-corrected chi connectivity index (χ1v) is 11.7. The summed E-state index contributed by atoms with van der Waals surface area (Å²) < 4.78 is 0.751. The summed E-state index contributed by atoms with van der Waals surface area (Å²) in [5, 5.41) is 22.4. The molecule has 0 spiro atoms. The van der Waals surface area contributed by atoms with E-state index in [0.717, 1.165) is 56.1 Å². The zero-order valence-electron chi connectivity index (χ0n) is 18.7. The number of aliphatic hydroxyl groups excluding tert-OH is 1. The van der Waals surface area contributed by atoms with Gasteiger partial charge in [-0.25, -0.2) is 0 Å². The number of hydrogen-bond donors (Lipinski definition) is 1. The molecule has 0 aromatic heterocycles. The fraction of sp³-hybridized carbons (Fsp3) is 0.957. The highest BCUT2D eigenvalue weighted by Crippen LogP contribution is 2.21. The maximum Gasteiger partial charge on any atom is 0.105 e. The normalized spacial score (nSPS) is 14.3. The van der Waals surface area contributed by atoms with Gasteiger partial charge in [0.15, 0.2) is 0 Å². The first-order valence-electron chi connectivity index (χ1n) is 11.7. The Hall–Kier alpha value is -0.610. The summed E-state index contributed by atoms with van der Waals surface area (Å²) in [6.45, 7) is 11.8. The molecule has 0 saturated heterocycles. The molecular weight excluding hydrogens is 338 g/mol. The van der Waals surface area contributed by atoms with Crippen molar-refractivity contribution in [3.8, 4) is 0 Å². The molecule has 4 nitrogen and oxygen atoms in total. The Morgan fingerprint density at radius 1 is 0.815 bits per heavy atom. The molecule has 1 N–H and O–H groups in total. The van der Waals surface area contributed by atoms with Crippen LogP contribution in [-0.4, -0.2) is 47.8 Å². The topological polar surface area (TPSA) is 60.4 Å². The molecule has 0 aromatic carbocycles. The minimum atomic E-state index is -0.927. The third kappa shape index (κ3) is 12.5. The zero-order valence-corrected chi connectivity index (χ0v) is 18.7. The van der Waals surface area contributed by atoms with Gasteiger partial charge in [0.2, 0.25) is 0 Å². The Labute approximate surface area is 168 Å². The summed E-state index contributed by atoms with van der Waals surface area (Å²) in [4.78, 5) is 11.6. The molecule has 0 amide bonds.